The van der Waals surface area contributed by atoms with Gasteiger partial charge < -0.3 is 14.8 Å². The van der Waals surface area contributed by atoms with Crippen molar-refractivity contribution >= 4 is 12.6 Å². The van der Waals surface area contributed by atoms with E-state index in [2.05, 4.69) is 15.4 Å². The Bertz CT molecular complexity index is 544. The molecule has 2 rings (SSSR count). The maximum Gasteiger partial charge on any atom is 0.488 e. The van der Waals surface area contributed by atoms with Gasteiger partial charge in [-0.1, -0.05) is 6.07 Å². The van der Waals surface area contributed by atoms with Gasteiger partial charge in [0.2, 0.25) is 5.82 Å². The van der Waals surface area contributed by atoms with Crippen LogP contribution >= 0.6 is 0 Å². The van der Waals surface area contributed by atoms with Crippen molar-refractivity contribution in [1.29, 1.82) is 0 Å². The van der Waals surface area contributed by atoms with Gasteiger partial charge in [-0.15, -0.1) is 10.2 Å². The first-order valence-electron chi connectivity index (χ1n) is 5.38. The average molecular weight is 248 g/mol. The summed E-state index contributed by atoms with van der Waals surface area (Å²) in [6, 6.07) is 5.00. The number of nitrogens with zero attached hydrogens (tertiary/aromatic N) is 4. The predicted octanol–water partition coefficient (Wildman–Crippen LogP) is -1.22. The lowest BCUT2D eigenvalue weighted by atomic mass is 9.77. The first-order chi connectivity index (χ1) is 8.56. The van der Waals surface area contributed by atoms with Crippen molar-refractivity contribution in [3.63, 3.8) is 0 Å². The molecule has 1 heterocycles. The number of tetrazole rings is 1. The molecule has 8 heteroatoms. The molecule has 0 aliphatic heterocycles. The van der Waals surface area contributed by atoms with Gasteiger partial charge in [0.1, 0.15) is 5.75 Å². The van der Waals surface area contributed by atoms with Crippen LogP contribution in [0.2, 0.25) is 0 Å². The Morgan fingerprint density at radius 3 is 2.72 bits per heavy atom. The van der Waals surface area contributed by atoms with E-state index in [1.165, 1.54) is 4.80 Å². The SMILES string of the molecule is Cc1cc(OCc2nnn(C)n2)ccc1B(O)O. The van der Waals surface area contributed by atoms with Gasteiger partial charge in [-0.05, 0) is 35.3 Å². The molecule has 0 radical (unpaired) electrons. The van der Waals surface area contributed by atoms with E-state index in [0.29, 0.717) is 17.0 Å². The van der Waals surface area contributed by atoms with Crippen molar-refractivity contribution in [3.8, 4) is 5.75 Å². The summed E-state index contributed by atoms with van der Waals surface area (Å²) in [7, 11) is 0.207. The number of hydrogen-bond acceptors (Lipinski definition) is 6. The molecule has 0 bridgehead atoms. The summed E-state index contributed by atoms with van der Waals surface area (Å²) in [6.07, 6.45) is 0. The van der Waals surface area contributed by atoms with Gasteiger partial charge >= 0.3 is 7.12 Å². The fraction of sp³-hybridized carbons (Fsp3) is 0.300. The summed E-state index contributed by atoms with van der Waals surface area (Å²) < 4.78 is 5.48. The Kier molecular flexibility index (Phi) is 3.59. The number of aryl methyl sites for hydroxylation is 2. The lowest BCUT2D eigenvalue weighted by molar-refractivity contribution is 0.295. The maximum absolute atomic E-state index is 9.09. The number of benzene rings is 1. The molecule has 0 saturated carbocycles. The number of rotatable bonds is 4. The highest BCUT2D eigenvalue weighted by atomic mass is 16.5. The molecule has 0 amide bonds. The molecule has 7 nitrogen and oxygen atoms in total. The number of hydrogen-bond donors (Lipinski definition) is 2. The standard InChI is InChI=1S/C10H13BN4O3/c1-7-5-8(3-4-9(7)11(16)17)18-6-10-12-14-15(2)13-10/h3-5,16-17H,6H2,1-2H3. The third kappa shape index (κ3) is 2.85. The Labute approximate surface area is 104 Å². The second-order valence-electron chi connectivity index (χ2n) is 3.88. The van der Waals surface area contributed by atoms with Gasteiger partial charge in [0, 0.05) is 0 Å². The van der Waals surface area contributed by atoms with E-state index in [1.807, 2.05) is 0 Å². The van der Waals surface area contributed by atoms with Crippen LogP contribution in [0.25, 0.3) is 0 Å². The first kappa shape index (κ1) is 12.5. The minimum absolute atomic E-state index is 0.217. The molecule has 1 aromatic heterocycles. The Morgan fingerprint density at radius 2 is 2.17 bits per heavy atom. The molecule has 1 aromatic carbocycles. The quantitative estimate of drug-likeness (QED) is 0.658. The average Bonchev–Trinajstić information content (AvgIpc) is 2.72. The van der Waals surface area contributed by atoms with Crippen LogP contribution in [0.4, 0.5) is 0 Å². The van der Waals surface area contributed by atoms with Gasteiger partial charge in [0.15, 0.2) is 6.61 Å². The van der Waals surface area contributed by atoms with Gasteiger partial charge in [-0.3, -0.25) is 0 Å². The zero-order chi connectivity index (χ0) is 13.1. The van der Waals surface area contributed by atoms with Crippen LogP contribution in [0.5, 0.6) is 5.75 Å². The topological polar surface area (TPSA) is 93.3 Å². The molecule has 2 aromatic rings. The highest BCUT2D eigenvalue weighted by Gasteiger charge is 2.14. The molecule has 0 atom stereocenters. The smallest absolute Gasteiger partial charge is 0.485 e. The molecule has 18 heavy (non-hydrogen) atoms. The molecule has 0 fully saturated rings. The monoisotopic (exact) mass is 248 g/mol. The zero-order valence-corrected chi connectivity index (χ0v) is 10.1. The second kappa shape index (κ2) is 5.15. The van der Waals surface area contributed by atoms with E-state index in [9.17, 15) is 0 Å². The summed E-state index contributed by atoms with van der Waals surface area (Å²) in [6.45, 7) is 2.00. The molecule has 0 spiro atoms. The van der Waals surface area contributed by atoms with Crippen LogP contribution in [0, 0.1) is 6.92 Å². The van der Waals surface area contributed by atoms with Crippen LogP contribution in [0.3, 0.4) is 0 Å². The Balaban J connectivity index is 2.04. The first-order valence-corrected chi connectivity index (χ1v) is 5.38. The van der Waals surface area contributed by atoms with Crippen LogP contribution < -0.4 is 10.2 Å². The third-order valence-corrected chi connectivity index (χ3v) is 2.44. The van der Waals surface area contributed by atoms with Gasteiger partial charge in [0.05, 0.1) is 7.05 Å². The van der Waals surface area contributed by atoms with Crippen LogP contribution in [0.1, 0.15) is 11.4 Å². The van der Waals surface area contributed by atoms with Crippen LogP contribution in [-0.4, -0.2) is 37.4 Å². The molecular weight excluding hydrogens is 235 g/mol. The Morgan fingerprint density at radius 1 is 1.39 bits per heavy atom. The number of aromatic nitrogens is 4. The van der Waals surface area contributed by atoms with E-state index in [4.69, 9.17) is 14.8 Å². The lowest BCUT2D eigenvalue weighted by Gasteiger charge is -2.08. The van der Waals surface area contributed by atoms with Crippen molar-refractivity contribution in [2.45, 2.75) is 13.5 Å². The minimum atomic E-state index is -1.47. The summed E-state index contributed by atoms with van der Waals surface area (Å²) in [5.41, 5.74) is 1.20. The van der Waals surface area contributed by atoms with Crippen molar-refractivity contribution in [2.24, 2.45) is 7.05 Å². The highest BCUT2D eigenvalue weighted by Crippen LogP contribution is 2.12. The van der Waals surface area contributed by atoms with Gasteiger partial charge in [0.25, 0.3) is 0 Å². The summed E-state index contributed by atoms with van der Waals surface area (Å²) >= 11 is 0. The van der Waals surface area contributed by atoms with E-state index >= 15 is 0 Å². The molecule has 94 valence electrons. The van der Waals surface area contributed by atoms with Crippen molar-refractivity contribution < 1.29 is 14.8 Å². The lowest BCUT2D eigenvalue weighted by Crippen LogP contribution is -2.31. The third-order valence-electron chi connectivity index (χ3n) is 2.44. The minimum Gasteiger partial charge on any atom is -0.485 e. The molecular formula is C10H13BN4O3. The summed E-state index contributed by atoms with van der Waals surface area (Å²) in [5, 5.41) is 29.7. The molecule has 0 unspecified atom stereocenters. The predicted molar refractivity (Wildman–Crippen MR) is 64.1 cm³/mol. The van der Waals surface area contributed by atoms with E-state index in [-0.39, 0.29) is 6.61 Å². The van der Waals surface area contributed by atoms with Crippen LogP contribution in [-0.2, 0) is 13.7 Å². The van der Waals surface area contributed by atoms with Crippen molar-refractivity contribution in [3.05, 3.63) is 29.6 Å². The summed E-state index contributed by atoms with van der Waals surface area (Å²) in [5.74, 6) is 1.10. The molecule has 0 saturated heterocycles. The molecule has 0 aliphatic rings. The highest BCUT2D eigenvalue weighted by molar-refractivity contribution is 6.59. The van der Waals surface area contributed by atoms with E-state index in [0.717, 1.165) is 5.56 Å². The maximum atomic E-state index is 9.09. The van der Waals surface area contributed by atoms with Crippen LogP contribution in [0.15, 0.2) is 18.2 Å². The van der Waals surface area contributed by atoms with Crippen molar-refractivity contribution in [1.82, 2.24) is 20.2 Å². The molecule has 2 N–H and O–H groups in total. The van der Waals surface area contributed by atoms with E-state index < -0.39 is 7.12 Å². The fourth-order valence-electron chi connectivity index (χ4n) is 1.56. The largest absolute Gasteiger partial charge is 0.488 e. The van der Waals surface area contributed by atoms with Gasteiger partial charge in [-0.2, -0.15) is 4.80 Å². The van der Waals surface area contributed by atoms with Gasteiger partial charge in [-0.25, -0.2) is 0 Å². The Hall–Kier alpha value is -1.93. The van der Waals surface area contributed by atoms with E-state index in [1.54, 1.807) is 32.2 Å². The zero-order valence-electron chi connectivity index (χ0n) is 10.1. The van der Waals surface area contributed by atoms with Crippen molar-refractivity contribution in [2.75, 3.05) is 0 Å². The molecule has 0 aliphatic carbocycles. The number of ether oxygens (including phenoxy) is 1. The summed E-state index contributed by atoms with van der Waals surface area (Å²) in [4.78, 5) is 1.36. The normalized spacial score (nSPS) is 10.4. The fourth-order valence-corrected chi connectivity index (χ4v) is 1.56. The second-order valence-corrected chi connectivity index (χ2v) is 3.88.